The lowest BCUT2D eigenvalue weighted by atomic mass is 10.2. The average Bonchev–Trinajstić information content (AvgIpc) is 2.71. The fraction of sp³-hybridized carbons (Fsp3) is 0.0455. The summed E-state index contributed by atoms with van der Waals surface area (Å²) in [6.07, 6.45) is 3.28. The summed E-state index contributed by atoms with van der Waals surface area (Å²) in [5.41, 5.74) is 1.02. The molecule has 0 atom stereocenters. The van der Waals surface area contributed by atoms with E-state index in [0.29, 0.717) is 10.8 Å². The second-order valence-electron chi connectivity index (χ2n) is 6.40. The molecule has 10 heteroatoms. The fourth-order valence-corrected chi connectivity index (χ4v) is 5.05. The van der Waals surface area contributed by atoms with Crippen LogP contribution in [-0.4, -0.2) is 21.7 Å². The molecule has 3 rings (SSSR count). The van der Waals surface area contributed by atoms with Crippen molar-refractivity contribution in [3.05, 3.63) is 92.1 Å². The van der Waals surface area contributed by atoms with Crippen molar-refractivity contribution in [1.82, 2.24) is 0 Å². The van der Waals surface area contributed by atoms with Crippen molar-refractivity contribution in [2.24, 2.45) is 4.99 Å². The van der Waals surface area contributed by atoms with Crippen LogP contribution in [0.2, 0.25) is 20.1 Å². The molecular formula is C22H16Cl4N2O3S. The van der Waals surface area contributed by atoms with Gasteiger partial charge in [-0.3, -0.25) is 9.71 Å². The highest BCUT2D eigenvalue weighted by Crippen LogP contribution is 2.38. The van der Waals surface area contributed by atoms with Crippen molar-refractivity contribution < 1.29 is 13.2 Å². The minimum absolute atomic E-state index is 0.0170. The minimum Gasteiger partial charge on any atom is -0.453 e. The number of rotatable bonds is 7. The molecule has 1 N–H and O–H groups in total. The molecule has 0 aliphatic carbocycles. The molecule has 0 aliphatic heterocycles. The molecule has 0 amide bonds. The third kappa shape index (κ3) is 6.18. The van der Waals surface area contributed by atoms with Crippen LogP contribution in [0.5, 0.6) is 5.75 Å². The highest BCUT2D eigenvalue weighted by molar-refractivity contribution is 7.92. The molecule has 3 aromatic carbocycles. The number of allylic oxidation sites excluding steroid dienone is 1. The van der Waals surface area contributed by atoms with Gasteiger partial charge in [0.05, 0.1) is 27.0 Å². The number of benzene rings is 3. The van der Waals surface area contributed by atoms with Gasteiger partial charge in [-0.2, -0.15) is 0 Å². The molecule has 5 nitrogen and oxygen atoms in total. The van der Waals surface area contributed by atoms with E-state index in [2.05, 4.69) is 9.71 Å². The van der Waals surface area contributed by atoms with Crippen LogP contribution in [0.25, 0.3) is 6.08 Å². The number of hydrogen-bond donors (Lipinski definition) is 1. The van der Waals surface area contributed by atoms with Crippen LogP contribution in [0.3, 0.4) is 0 Å². The number of halogens is 4. The molecule has 0 aliphatic rings. The zero-order valence-electron chi connectivity index (χ0n) is 16.5. The topological polar surface area (TPSA) is 67.8 Å². The van der Waals surface area contributed by atoms with Gasteiger partial charge in [0.25, 0.3) is 10.0 Å². The minimum atomic E-state index is -4.01. The van der Waals surface area contributed by atoms with Gasteiger partial charge >= 0.3 is 0 Å². The maximum Gasteiger partial charge on any atom is 0.263 e. The molecule has 0 saturated heterocycles. The Balaban J connectivity index is 1.90. The maximum absolute atomic E-state index is 12.7. The fourth-order valence-electron chi connectivity index (χ4n) is 2.67. The Hall–Kier alpha value is -2.22. The van der Waals surface area contributed by atoms with E-state index in [1.165, 1.54) is 36.5 Å². The van der Waals surface area contributed by atoms with Crippen LogP contribution >= 0.6 is 46.4 Å². The van der Waals surface area contributed by atoms with Gasteiger partial charge in [-0.25, -0.2) is 8.42 Å². The molecule has 3 aromatic rings. The molecule has 0 saturated carbocycles. The zero-order valence-corrected chi connectivity index (χ0v) is 20.4. The van der Waals surface area contributed by atoms with Gasteiger partial charge in [-0.15, -0.1) is 0 Å². The van der Waals surface area contributed by atoms with E-state index < -0.39 is 10.0 Å². The van der Waals surface area contributed by atoms with Crippen LogP contribution in [0.4, 0.5) is 5.69 Å². The molecule has 0 aromatic heterocycles. The monoisotopic (exact) mass is 528 g/mol. The Labute approximate surface area is 206 Å². The predicted octanol–water partition coefficient (Wildman–Crippen LogP) is 7.22. The summed E-state index contributed by atoms with van der Waals surface area (Å²) >= 11 is 24.6. The van der Waals surface area contributed by atoms with Crippen LogP contribution in [0.1, 0.15) is 5.56 Å². The van der Waals surface area contributed by atoms with E-state index in [1.54, 1.807) is 13.1 Å². The molecular weight excluding hydrogens is 514 g/mol. The van der Waals surface area contributed by atoms with Crippen molar-refractivity contribution in [1.29, 1.82) is 0 Å². The third-order valence-corrected chi connectivity index (χ3v) is 6.68. The van der Waals surface area contributed by atoms with Crippen LogP contribution < -0.4 is 9.46 Å². The van der Waals surface area contributed by atoms with E-state index >= 15 is 0 Å². The zero-order chi connectivity index (χ0) is 23.3. The largest absolute Gasteiger partial charge is 0.453 e. The van der Waals surface area contributed by atoms with E-state index in [-0.39, 0.29) is 31.4 Å². The highest BCUT2D eigenvalue weighted by atomic mass is 35.5. The number of ether oxygens (including phenoxy) is 1. The second-order valence-corrected chi connectivity index (χ2v) is 9.70. The molecule has 0 fully saturated rings. The Morgan fingerprint density at radius 2 is 1.59 bits per heavy atom. The van der Waals surface area contributed by atoms with E-state index in [4.69, 9.17) is 51.1 Å². The van der Waals surface area contributed by atoms with Gasteiger partial charge in [-0.1, -0.05) is 76.7 Å². The smallest absolute Gasteiger partial charge is 0.263 e. The van der Waals surface area contributed by atoms with E-state index in [9.17, 15) is 8.42 Å². The molecule has 0 spiro atoms. The third-order valence-electron chi connectivity index (χ3n) is 4.02. The number of anilines is 1. The first kappa shape index (κ1) is 24.4. The van der Waals surface area contributed by atoms with E-state index in [1.807, 2.05) is 30.3 Å². The summed E-state index contributed by atoms with van der Waals surface area (Å²) < 4.78 is 33.7. The summed E-state index contributed by atoms with van der Waals surface area (Å²) in [5.74, 6) is 0.548. The molecule has 166 valence electrons. The molecule has 0 heterocycles. The van der Waals surface area contributed by atoms with Gasteiger partial charge in [0.2, 0.25) is 0 Å². The number of hydrogen-bond acceptors (Lipinski definition) is 4. The number of nitrogens with one attached hydrogen (secondary N) is 1. The molecule has 0 unspecified atom stereocenters. The van der Waals surface area contributed by atoms with Gasteiger partial charge < -0.3 is 4.74 Å². The summed E-state index contributed by atoms with van der Waals surface area (Å²) in [6.45, 7) is 0. The summed E-state index contributed by atoms with van der Waals surface area (Å²) in [4.78, 5) is 3.85. The van der Waals surface area contributed by atoms with Crippen molar-refractivity contribution in [3.63, 3.8) is 0 Å². The van der Waals surface area contributed by atoms with Gasteiger partial charge in [0, 0.05) is 12.1 Å². The number of sulfonamides is 1. The van der Waals surface area contributed by atoms with Crippen molar-refractivity contribution in [2.45, 2.75) is 4.90 Å². The van der Waals surface area contributed by atoms with Crippen molar-refractivity contribution >= 4 is 74.4 Å². The quantitative estimate of drug-likeness (QED) is 0.259. The first-order chi connectivity index (χ1) is 15.2. The second kappa shape index (κ2) is 10.6. The predicted molar refractivity (Wildman–Crippen MR) is 133 cm³/mol. The lowest BCUT2D eigenvalue weighted by Gasteiger charge is -2.14. The van der Waals surface area contributed by atoms with Crippen molar-refractivity contribution in [2.75, 3.05) is 11.8 Å². The van der Waals surface area contributed by atoms with Crippen LogP contribution in [0.15, 0.2) is 76.3 Å². The molecule has 0 radical (unpaired) electrons. The Morgan fingerprint density at radius 1 is 0.938 bits per heavy atom. The SMILES string of the molecule is CN=C/C(=C\c1ccccc1)Oc1c(Cl)cc(NS(=O)(=O)c2ccc(Cl)cc2Cl)cc1Cl. The molecule has 32 heavy (non-hydrogen) atoms. The maximum atomic E-state index is 12.7. The molecule has 0 bridgehead atoms. The lowest BCUT2D eigenvalue weighted by molar-refractivity contribution is 0.462. The summed E-state index contributed by atoms with van der Waals surface area (Å²) in [6, 6.07) is 16.3. The lowest BCUT2D eigenvalue weighted by Crippen LogP contribution is -2.13. The van der Waals surface area contributed by atoms with Gasteiger partial charge in [0.1, 0.15) is 10.7 Å². The first-order valence-corrected chi connectivity index (χ1v) is 12.0. The normalized spacial score (nSPS) is 12.2. The average molecular weight is 530 g/mol. The Morgan fingerprint density at radius 3 is 2.19 bits per heavy atom. The van der Waals surface area contributed by atoms with Gasteiger partial charge in [-0.05, 0) is 42.0 Å². The van der Waals surface area contributed by atoms with Crippen molar-refractivity contribution in [3.8, 4) is 5.75 Å². The standard InChI is InChI=1S/C22H16Cl4N2O3S/c1-27-13-17(9-14-5-3-2-4-6-14)31-22-19(25)11-16(12-20(22)26)28-32(29,30)21-8-7-15(23)10-18(21)24/h2-13,28H,1H3/b17-9+,27-13?. The summed E-state index contributed by atoms with van der Waals surface area (Å²) in [5, 5.41) is 0.495. The van der Waals surface area contributed by atoms with E-state index in [0.717, 1.165) is 5.56 Å². The highest BCUT2D eigenvalue weighted by Gasteiger charge is 2.20. The first-order valence-electron chi connectivity index (χ1n) is 9.03. The Kier molecular flexibility index (Phi) is 8.09. The number of nitrogens with zero attached hydrogens (tertiary/aromatic N) is 1. The summed E-state index contributed by atoms with van der Waals surface area (Å²) in [7, 11) is -2.41. The Bertz CT molecular complexity index is 1270. The van der Waals surface area contributed by atoms with Gasteiger partial charge in [0.15, 0.2) is 5.75 Å². The number of aliphatic imine (C=N–C) groups is 1. The van der Waals surface area contributed by atoms with Crippen LogP contribution in [-0.2, 0) is 10.0 Å². The van der Waals surface area contributed by atoms with Crippen LogP contribution in [0, 0.1) is 0 Å².